The summed E-state index contributed by atoms with van der Waals surface area (Å²) in [7, 11) is 0. The standard InChI is InChI=1S/C12H23NO3S/c1-8(14)9(2)17-7-6-12(3,11(15)16)13-10-4-5-10/h8-10,13-14H,4-7H2,1-3H3,(H,15,16). The Hall–Kier alpha value is -0.260. The molecule has 5 heteroatoms. The summed E-state index contributed by atoms with van der Waals surface area (Å²) in [6.07, 6.45) is 2.40. The fourth-order valence-corrected chi connectivity index (χ4v) is 2.68. The molecule has 0 bridgehead atoms. The number of hydrogen-bond donors (Lipinski definition) is 3. The molecule has 0 spiro atoms. The molecular formula is C12H23NO3S. The number of aliphatic carboxylic acids is 1. The normalized spacial score (nSPS) is 22.8. The predicted octanol–water partition coefficient (Wildman–Crippen LogP) is 1.47. The highest BCUT2D eigenvalue weighted by Gasteiger charge is 2.38. The van der Waals surface area contributed by atoms with Crippen molar-refractivity contribution in [3.05, 3.63) is 0 Å². The summed E-state index contributed by atoms with van der Waals surface area (Å²) in [5.74, 6) is -0.0381. The van der Waals surface area contributed by atoms with Crippen LogP contribution < -0.4 is 5.32 Å². The van der Waals surface area contributed by atoms with E-state index in [9.17, 15) is 15.0 Å². The van der Waals surface area contributed by atoms with Gasteiger partial charge in [-0.05, 0) is 38.9 Å². The fraction of sp³-hybridized carbons (Fsp3) is 0.917. The first-order valence-electron chi connectivity index (χ1n) is 6.16. The molecule has 0 heterocycles. The third-order valence-corrected chi connectivity index (χ3v) is 4.59. The van der Waals surface area contributed by atoms with E-state index < -0.39 is 11.5 Å². The second-order valence-electron chi connectivity index (χ2n) is 5.12. The Labute approximate surface area is 107 Å². The molecule has 0 aromatic heterocycles. The molecule has 1 saturated carbocycles. The van der Waals surface area contributed by atoms with Crippen LogP contribution in [0, 0.1) is 0 Å². The zero-order valence-corrected chi connectivity index (χ0v) is 11.6. The Morgan fingerprint density at radius 2 is 2.12 bits per heavy atom. The molecule has 3 atom stereocenters. The molecule has 0 radical (unpaired) electrons. The average Bonchev–Trinajstić information content (AvgIpc) is 3.00. The molecule has 4 nitrogen and oxygen atoms in total. The highest BCUT2D eigenvalue weighted by Crippen LogP contribution is 2.26. The van der Waals surface area contributed by atoms with Gasteiger partial charge in [0.2, 0.25) is 0 Å². The van der Waals surface area contributed by atoms with Crippen molar-refractivity contribution in [1.82, 2.24) is 5.32 Å². The zero-order valence-electron chi connectivity index (χ0n) is 10.8. The average molecular weight is 261 g/mol. The summed E-state index contributed by atoms with van der Waals surface area (Å²) in [4.78, 5) is 11.3. The van der Waals surface area contributed by atoms with Gasteiger partial charge in [-0.25, -0.2) is 0 Å². The first-order valence-corrected chi connectivity index (χ1v) is 7.21. The van der Waals surface area contributed by atoms with Crippen LogP contribution in [0.15, 0.2) is 0 Å². The molecule has 0 amide bonds. The minimum Gasteiger partial charge on any atom is -0.480 e. The Morgan fingerprint density at radius 3 is 2.53 bits per heavy atom. The second-order valence-corrected chi connectivity index (χ2v) is 6.61. The molecule has 1 rings (SSSR count). The molecule has 0 aromatic rings. The van der Waals surface area contributed by atoms with Gasteiger partial charge in [0.1, 0.15) is 5.54 Å². The van der Waals surface area contributed by atoms with Crippen molar-refractivity contribution >= 4 is 17.7 Å². The van der Waals surface area contributed by atoms with E-state index in [1.54, 1.807) is 25.6 Å². The number of rotatable bonds is 8. The number of aliphatic hydroxyl groups excluding tert-OH is 1. The van der Waals surface area contributed by atoms with Gasteiger partial charge in [-0.1, -0.05) is 6.92 Å². The number of hydrogen-bond acceptors (Lipinski definition) is 4. The molecule has 1 aliphatic carbocycles. The highest BCUT2D eigenvalue weighted by molar-refractivity contribution is 7.99. The number of aliphatic hydroxyl groups is 1. The molecule has 17 heavy (non-hydrogen) atoms. The Morgan fingerprint density at radius 1 is 1.53 bits per heavy atom. The molecular weight excluding hydrogens is 238 g/mol. The van der Waals surface area contributed by atoms with Crippen LogP contribution in [-0.4, -0.2) is 44.9 Å². The maximum atomic E-state index is 11.3. The lowest BCUT2D eigenvalue weighted by molar-refractivity contribution is -0.144. The number of nitrogens with one attached hydrogen (secondary N) is 1. The molecule has 100 valence electrons. The molecule has 0 aromatic carbocycles. The van der Waals surface area contributed by atoms with E-state index in [0.717, 1.165) is 18.6 Å². The van der Waals surface area contributed by atoms with Crippen LogP contribution in [0.2, 0.25) is 0 Å². The summed E-state index contributed by atoms with van der Waals surface area (Å²) in [5, 5.41) is 22.0. The minimum atomic E-state index is -0.827. The van der Waals surface area contributed by atoms with Gasteiger partial charge in [-0.15, -0.1) is 0 Å². The largest absolute Gasteiger partial charge is 0.480 e. The molecule has 1 fully saturated rings. The topological polar surface area (TPSA) is 69.6 Å². The van der Waals surface area contributed by atoms with Gasteiger partial charge in [0, 0.05) is 11.3 Å². The maximum Gasteiger partial charge on any atom is 0.323 e. The minimum absolute atomic E-state index is 0.147. The smallest absolute Gasteiger partial charge is 0.323 e. The third kappa shape index (κ3) is 4.85. The predicted molar refractivity (Wildman–Crippen MR) is 70.4 cm³/mol. The lowest BCUT2D eigenvalue weighted by atomic mass is 9.99. The van der Waals surface area contributed by atoms with Crippen molar-refractivity contribution in [3.63, 3.8) is 0 Å². The molecule has 0 aliphatic heterocycles. The maximum absolute atomic E-state index is 11.3. The van der Waals surface area contributed by atoms with Crippen molar-refractivity contribution in [2.24, 2.45) is 0 Å². The number of carboxylic acids is 1. The van der Waals surface area contributed by atoms with Gasteiger partial charge in [-0.3, -0.25) is 10.1 Å². The van der Waals surface area contributed by atoms with Gasteiger partial charge < -0.3 is 10.2 Å². The Balaban J connectivity index is 2.36. The van der Waals surface area contributed by atoms with Gasteiger partial charge in [0.15, 0.2) is 0 Å². The lowest BCUT2D eigenvalue weighted by Crippen LogP contribution is -2.51. The molecule has 3 unspecified atom stereocenters. The number of carbonyl (C=O) groups is 1. The summed E-state index contributed by atoms with van der Waals surface area (Å²) in [6.45, 7) is 5.47. The van der Waals surface area contributed by atoms with Gasteiger partial charge in [0.05, 0.1) is 6.10 Å². The molecule has 3 N–H and O–H groups in total. The van der Waals surface area contributed by atoms with Crippen LogP contribution in [0.5, 0.6) is 0 Å². The van der Waals surface area contributed by atoms with E-state index in [-0.39, 0.29) is 11.4 Å². The van der Waals surface area contributed by atoms with Crippen LogP contribution in [-0.2, 0) is 4.79 Å². The van der Waals surface area contributed by atoms with E-state index in [2.05, 4.69) is 5.32 Å². The molecule has 0 saturated heterocycles. The van der Waals surface area contributed by atoms with E-state index in [0.29, 0.717) is 12.5 Å². The van der Waals surface area contributed by atoms with Crippen molar-refractivity contribution < 1.29 is 15.0 Å². The summed E-state index contributed by atoms with van der Waals surface area (Å²) < 4.78 is 0. The van der Waals surface area contributed by atoms with E-state index in [1.807, 2.05) is 6.92 Å². The van der Waals surface area contributed by atoms with E-state index >= 15 is 0 Å². The highest BCUT2D eigenvalue weighted by atomic mass is 32.2. The van der Waals surface area contributed by atoms with Gasteiger partial charge >= 0.3 is 5.97 Å². The van der Waals surface area contributed by atoms with E-state index in [4.69, 9.17) is 0 Å². The van der Waals surface area contributed by atoms with Crippen LogP contribution in [0.25, 0.3) is 0 Å². The van der Waals surface area contributed by atoms with Crippen LogP contribution in [0.3, 0.4) is 0 Å². The van der Waals surface area contributed by atoms with Crippen molar-refractivity contribution in [1.29, 1.82) is 0 Å². The van der Waals surface area contributed by atoms with Crippen molar-refractivity contribution in [2.75, 3.05) is 5.75 Å². The summed E-state index contributed by atoms with van der Waals surface area (Å²) in [5.41, 5.74) is -0.827. The quantitative estimate of drug-likeness (QED) is 0.617. The molecule has 1 aliphatic rings. The zero-order chi connectivity index (χ0) is 13.1. The van der Waals surface area contributed by atoms with Crippen LogP contribution >= 0.6 is 11.8 Å². The Kier molecular flexibility index (Phi) is 5.28. The number of carboxylic acid groups (broad SMARTS) is 1. The first kappa shape index (κ1) is 14.8. The number of thioether (sulfide) groups is 1. The lowest BCUT2D eigenvalue weighted by Gasteiger charge is -2.27. The summed E-state index contributed by atoms with van der Waals surface area (Å²) >= 11 is 1.62. The van der Waals surface area contributed by atoms with Gasteiger partial charge in [0.25, 0.3) is 0 Å². The SMILES string of the molecule is CC(O)C(C)SCCC(C)(NC1CC1)C(=O)O. The van der Waals surface area contributed by atoms with Crippen LogP contribution in [0.4, 0.5) is 0 Å². The second kappa shape index (κ2) is 6.07. The van der Waals surface area contributed by atoms with Crippen LogP contribution in [0.1, 0.15) is 40.0 Å². The summed E-state index contributed by atoms with van der Waals surface area (Å²) in [6, 6.07) is 0.385. The fourth-order valence-electron chi connectivity index (χ4n) is 1.51. The Bertz CT molecular complexity index is 268. The van der Waals surface area contributed by atoms with Gasteiger partial charge in [-0.2, -0.15) is 11.8 Å². The third-order valence-electron chi connectivity index (χ3n) is 3.23. The van der Waals surface area contributed by atoms with E-state index in [1.165, 1.54) is 0 Å². The first-order chi connectivity index (χ1) is 7.85. The van der Waals surface area contributed by atoms with Crippen molar-refractivity contribution in [3.8, 4) is 0 Å². The monoisotopic (exact) mass is 261 g/mol. The van der Waals surface area contributed by atoms with Crippen molar-refractivity contribution in [2.45, 2.75) is 63.0 Å².